The van der Waals surface area contributed by atoms with E-state index in [1.165, 1.54) is 25.0 Å². The highest BCUT2D eigenvalue weighted by molar-refractivity contribution is 6.17. The fourth-order valence-electron chi connectivity index (χ4n) is 4.61. The van der Waals surface area contributed by atoms with Gasteiger partial charge in [0, 0.05) is 81.6 Å². The molecule has 0 saturated carbocycles. The van der Waals surface area contributed by atoms with Crippen LogP contribution in [0, 0.1) is 11.6 Å². The lowest BCUT2D eigenvalue weighted by Gasteiger charge is -2.14. The average molecular weight is 753 g/mol. The molecule has 17 heteroatoms. The van der Waals surface area contributed by atoms with Gasteiger partial charge in [-0.3, -0.25) is 18.7 Å². The normalized spacial score (nSPS) is 12.3. The van der Waals surface area contributed by atoms with E-state index in [0.717, 1.165) is 30.1 Å². The molecule has 2 aromatic carbocycles. The van der Waals surface area contributed by atoms with E-state index in [2.05, 4.69) is 29.9 Å². The highest BCUT2D eigenvalue weighted by atomic mass is 35.5. The molecule has 0 aliphatic rings. The summed E-state index contributed by atoms with van der Waals surface area (Å²) in [5.74, 6) is -3.60. The Labute approximate surface area is 313 Å². The van der Waals surface area contributed by atoms with E-state index in [9.17, 15) is 23.5 Å². The lowest BCUT2D eigenvalue weighted by molar-refractivity contribution is 0.110. The number of hydrogen-bond donors (Lipinski definition) is 3. The van der Waals surface area contributed by atoms with Crippen molar-refractivity contribution in [2.24, 2.45) is 0 Å². The van der Waals surface area contributed by atoms with Gasteiger partial charge in [0.25, 0.3) is 0 Å². The topological polar surface area (TPSA) is 191 Å². The largest absolute Gasteiger partial charge is 0.507 e. The minimum absolute atomic E-state index is 0.0337. The van der Waals surface area contributed by atoms with Crippen molar-refractivity contribution < 1.29 is 43.9 Å². The maximum absolute atomic E-state index is 13.7. The van der Waals surface area contributed by atoms with Crippen LogP contribution in [0.1, 0.15) is 88.5 Å². The van der Waals surface area contributed by atoms with E-state index in [1.54, 1.807) is 33.9 Å². The molecule has 0 aliphatic heterocycles. The highest BCUT2D eigenvalue weighted by Crippen LogP contribution is 2.29. The number of nitrogens with zero attached hydrogens (tertiary/aromatic N) is 8. The molecule has 0 radical (unpaired) electrons. The van der Waals surface area contributed by atoms with Crippen molar-refractivity contribution >= 4 is 24.2 Å². The van der Waals surface area contributed by atoms with Gasteiger partial charge in [0.05, 0.1) is 25.3 Å². The van der Waals surface area contributed by atoms with Crippen molar-refractivity contribution in [3.05, 3.63) is 120 Å². The van der Waals surface area contributed by atoms with Crippen LogP contribution in [-0.2, 0) is 12.4 Å². The van der Waals surface area contributed by atoms with Crippen molar-refractivity contribution in [3.63, 3.8) is 0 Å². The smallest absolute Gasteiger partial charge is 0.157 e. The third kappa shape index (κ3) is 9.74. The van der Waals surface area contributed by atoms with Crippen LogP contribution in [0.4, 0.5) is 8.78 Å². The summed E-state index contributed by atoms with van der Waals surface area (Å²) in [5, 5.41) is 27.4. The lowest BCUT2D eigenvalue weighted by Crippen LogP contribution is -2.10. The summed E-state index contributed by atoms with van der Waals surface area (Å²) in [7, 11) is 0. The average Bonchev–Trinajstić information content (AvgIpc) is 3.83. The quantitative estimate of drug-likeness (QED) is 0.101. The first-order valence-electron chi connectivity index (χ1n) is 17.5. The van der Waals surface area contributed by atoms with Gasteiger partial charge in [-0.1, -0.05) is 27.7 Å². The van der Waals surface area contributed by atoms with Gasteiger partial charge in [-0.2, -0.15) is 0 Å². The summed E-state index contributed by atoms with van der Waals surface area (Å²) in [6, 6.07) is 3.07. The second-order valence-electron chi connectivity index (χ2n) is 11.4. The first kappa shape index (κ1) is 33.8. The molecule has 4 aromatic heterocycles. The van der Waals surface area contributed by atoms with E-state index in [4.69, 9.17) is 32.0 Å². The summed E-state index contributed by atoms with van der Waals surface area (Å²) >= 11 is 5.73. The number of halogens is 3. The number of hydrogen-bond acceptors (Lipinski definition) is 12. The van der Waals surface area contributed by atoms with Crippen molar-refractivity contribution in [2.75, 3.05) is 0 Å². The number of imidazole rings is 2. The van der Waals surface area contributed by atoms with Gasteiger partial charge in [0.1, 0.15) is 77.1 Å². The van der Waals surface area contributed by atoms with Gasteiger partial charge >= 0.3 is 0 Å². The highest BCUT2D eigenvalue weighted by Gasteiger charge is 2.17. The van der Waals surface area contributed by atoms with Crippen molar-refractivity contribution in [2.45, 2.75) is 51.9 Å². The predicted octanol–water partition coefficient (Wildman–Crippen LogP) is 6.60. The Morgan fingerprint density at radius 1 is 0.755 bits per heavy atom. The Balaban J connectivity index is 0.000000211. The SMILES string of the molecule is O=Cc1c(O)cc(F)cc1O.[2H]C([2H])(Cl)c1cncnc1-n1ccnc1C(C)C.[2H]C([2H])(Oc1cc(F)cc(O)c1C=O)c1cncnc1-n1ccnc1C(C)C. The lowest BCUT2D eigenvalue weighted by atomic mass is 10.2. The van der Waals surface area contributed by atoms with Crippen molar-refractivity contribution in [1.29, 1.82) is 0 Å². The van der Waals surface area contributed by atoms with Crippen LogP contribution in [0.3, 0.4) is 0 Å². The Morgan fingerprint density at radius 2 is 1.21 bits per heavy atom. The first-order valence-corrected chi connectivity index (χ1v) is 15.9. The molecule has 0 amide bonds. The minimum atomic E-state index is -2.55. The molecule has 276 valence electrons. The number of alkyl halides is 1. The Morgan fingerprint density at radius 3 is 1.68 bits per heavy atom. The maximum Gasteiger partial charge on any atom is 0.157 e. The molecule has 0 atom stereocenters. The fraction of sp³-hybridized carbons (Fsp3) is 0.222. The molecule has 14 nitrogen and oxygen atoms in total. The molecule has 0 bridgehead atoms. The number of phenolic OH excluding ortho intramolecular Hbond substituents is 3. The van der Waals surface area contributed by atoms with E-state index >= 15 is 0 Å². The number of aromatic hydroxyl groups is 3. The predicted molar refractivity (Wildman–Crippen MR) is 189 cm³/mol. The van der Waals surface area contributed by atoms with Gasteiger partial charge in [-0.05, 0) is 0 Å². The van der Waals surface area contributed by atoms with Gasteiger partial charge in [0.15, 0.2) is 12.6 Å². The third-order valence-corrected chi connectivity index (χ3v) is 7.21. The molecule has 6 rings (SSSR count). The van der Waals surface area contributed by atoms with E-state index in [1.807, 2.05) is 27.7 Å². The molecular formula is C36H35ClF2N8O6. The fourth-order valence-corrected chi connectivity index (χ4v) is 4.75. The van der Waals surface area contributed by atoms with Crippen molar-refractivity contribution in [1.82, 2.24) is 39.0 Å². The molecule has 4 heterocycles. The van der Waals surface area contributed by atoms with Gasteiger partial charge in [0.2, 0.25) is 0 Å². The maximum atomic E-state index is 13.7. The van der Waals surface area contributed by atoms with Gasteiger partial charge in [-0.15, -0.1) is 11.6 Å². The monoisotopic (exact) mass is 752 g/mol. The van der Waals surface area contributed by atoms with Crippen LogP contribution in [0.25, 0.3) is 11.6 Å². The molecular weight excluding hydrogens is 714 g/mol. The zero-order chi connectivity index (χ0) is 42.2. The van der Waals surface area contributed by atoms with Crippen LogP contribution in [0.5, 0.6) is 23.0 Å². The standard InChI is InChI=1S/C18H17FN4O3.C11H13ClN4.C7H5FO3/c1-11(2)17-21-3-4-23(17)18-12(7-20-10-22-18)9-26-16-6-13(19)5-15(25)14(16)8-24;1-8(2)10-14-3-4-16(10)11-9(5-12)6-13-7-15-11;8-4-1-6(10)5(3-9)7(11)2-4/h3-8,10-11,25H,9H2,1-2H3;3-4,6-8H,5H2,1-2H3;1-3,10-11H/i9D2;5D2;. The summed E-state index contributed by atoms with van der Waals surface area (Å²) < 4.78 is 66.5. The van der Waals surface area contributed by atoms with E-state index in [-0.39, 0.29) is 52.5 Å². The number of aldehydes is 2. The van der Waals surface area contributed by atoms with Crippen LogP contribution in [0.2, 0.25) is 0 Å². The van der Waals surface area contributed by atoms with E-state index in [0.29, 0.717) is 11.6 Å². The summed E-state index contributed by atoms with van der Waals surface area (Å²) in [5.41, 5.74) is -0.498. The zero-order valence-electron chi connectivity index (χ0n) is 32.5. The number of benzene rings is 2. The third-order valence-electron chi connectivity index (χ3n) is 7.00. The molecule has 53 heavy (non-hydrogen) atoms. The van der Waals surface area contributed by atoms with Gasteiger partial charge in [-0.25, -0.2) is 38.7 Å². The van der Waals surface area contributed by atoms with E-state index < -0.39 is 47.0 Å². The summed E-state index contributed by atoms with van der Waals surface area (Å²) in [6.07, 6.45) is 12.3. The number of carbonyl (C=O) groups is 2. The first-order chi connectivity index (χ1) is 26.8. The Bertz CT molecular complexity index is 2340. The zero-order valence-corrected chi connectivity index (χ0v) is 29.3. The second kappa shape index (κ2) is 18.3. The number of carbonyl (C=O) groups excluding carboxylic acids is 2. The molecule has 6 aromatic rings. The van der Waals surface area contributed by atoms with Crippen LogP contribution >= 0.6 is 11.6 Å². The Kier molecular flexibility index (Phi) is 11.7. The molecule has 0 spiro atoms. The molecule has 0 saturated heterocycles. The summed E-state index contributed by atoms with van der Waals surface area (Å²) in [6.45, 7) is 5.32. The van der Waals surface area contributed by atoms with Crippen LogP contribution in [-0.4, -0.2) is 66.9 Å². The second-order valence-corrected chi connectivity index (χ2v) is 11.6. The number of phenols is 3. The Hall–Kier alpha value is -6.29. The van der Waals surface area contributed by atoms with Crippen molar-refractivity contribution in [3.8, 4) is 34.6 Å². The molecule has 0 unspecified atom stereocenters. The molecule has 0 fully saturated rings. The molecule has 0 aliphatic carbocycles. The minimum Gasteiger partial charge on any atom is -0.507 e. The van der Waals surface area contributed by atoms with Crippen LogP contribution in [0.15, 0.2) is 74.1 Å². The number of aromatic nitrogens is 8. The van der Waals surface area contributed by atoms with Gasteiger partial charge < -0.3 is 20.1 Å². The summed E-state index contributed by atoms with van der Waals surface area (Å²) in [4.78, 5) is 45.8. The number of ether oxygens (including phenoxy) is 1. The number of rotatable bonds is 10. The van der Waals surface area contributed by atoms with Crippen LogP contribution < -0.4 is 4.74 Å². The molecule has 3 N–H and O–H groups in total.